The lowest BCUT2D eigenvalue weighted by atomic mass is 10.1. The van der Waals surface area contributed by atoms with E-state index >= 15 is 0 Å². The second-order valence-electron chi connectivity index (χ2n) is 4.12. The first-order valence-corrected chi connectivity index (χ1v) is 5.94. The summed E-state index contributed by atoms with van der Waals surface area (Å²) in [6.45, 7) is 0.0640. The molecule has 2 rings (SSSR count). The Labute approximate surface area is 115 Å². The van der Waals surface area contributed by atoms with E-state index < -0.39 is 12.1 Å². The molecular formula is C14H13N3O3. The molecule has 6 nitrogen and oxygen atoms in total. The fraction of sp³-hybridized carbons (Fsp3) is 0.214. The minimum absolute atomic E-state index is 0.0640. The van der Waals surface area contributed by atoms with Crippen molar-refractivity contribution >= 4 is 22.6 Å². The zero-order chi connectivity index (χ0) is 14.5. The summed E-state index contributed by atoms with van der Waals surface area (Å²) in [6, 6.07) is 9.38. The van der Waals surface area contributed by atoms with Crippen LogP contribution < -0.4 is 5.32 Å². The van der Waals surface area contributed by atoms with Gasteiger partial charge in [0.15, 0.2) is 6.10 Å². The second-order valence-corrected chi connectivity index (χ2v) is 4.12. The van der Waals surface area contributed by atoms with Gasteiger partial charge in [-0.3, -0.25) is 4.98 Å². The van der Waals surface area contributed by atoms with Gasteiger partial charge in [-0.05, 0) is 6.07 Å². The first-order chi connectivity index (χ1) is 9.67. The number of rotatable bonds is 5. The minimum atomic E-state index is -1.06. The Bertz CT molecular complexity index is 679. The average molecular weight is 271 g/mol. The quantitative estimate of drug-likeness (QED) is 0.858. The van der Waals surface area contributed by atoms with Crippen LogP contribution in [0, 0.1) is 11.3 Å². The molecular weight excluding hydrogens is 258 g/mol. The highest BCUT2D eigenvalue weighted by Crippen LogP contribution is 2.25. The van der Waals surface area contributed by atoms with Crippen LogP contribution in [0.3, 0.4) is 0 Å². The van der Waals surface area contributed by atoms with Gasteiger partial charge in [0.1, 0.15) is 6.07 Å². The molecule has 2 N–H and O–H groups in total. The van der Waals surface area contributed by atoms with E-state index in [0.29, 0.717) is 11.3 Å². The first-order valence-electron chi connectivity index (χ1n) is 5.94. The van der Waals surface area contributed by atoms with Gasteiger partial charge >= 0.3 is 5.97 Å². The summed E-state index contributed by atoms with van der Waals surface area (Å²) in [4.78, 5) is 15.1. The number of hydrogen-bond acceptors (Lipinski definition) is 5. The normalized spacial score (nSPS) is 11.8. The summed E-state index contributed by atoms with van der Waals surface area (Å²) in [5, 5.41) is 21.8. The number of aliphatic carboxylic acids is 1. The van der Waals surface area contributed by atoms with Crippen molar-refractivity contribution in [1.82, 2.24) is 4.98 Å². The molecule has 0 aliphatic rings. The van der Waals surface area contributed by atoms with Gasteiger partial charge < -0.3 is 15.2 Å². The molecule has 2 aromatic rings. The van der Waals surface area contributed by atoms with Crippen molar-refractivity contribution in [3.8, 4) is 6.07 Å². The molecule has 20 heavy (non-hydrogen) atoms. The zero-order valence-electron chi connectivity index (χ0n) is 10.8. The van der Waals surface area contributed by atoms with Crippen LogP contribution in [0.25, 0.3) is 10.9 Å². The zero-order valence-corrected chi connectivity index (χ0v) is 10.8. The second kappa shape index (κ2) is 5.99. The number of ether oxygens (including phenoxy) is 1. The molecule has 1 heterocycles. The van der Waals surface area contributed by atoms with Crippen molar-refractivity contribution in [1.29, 1.82) is 5.26 Å². The number of para-hydroxylation sites is 1. The Morgan fingerprint density at radius 3 is 2.95 bits per heavy atom. The molecule has 0 saturated heterocycles. The third kappa shape index (κ3) is 2.68. The molecule has 0 spiro atoms. The van der Waals surface area contributed by atoms with Crippen molar-refractivity contribution < 1.29 is 14.6 Å². The Balaban J connectivity index is 2.37. The van der Waals surface area contributed by atoms with Crippen molar-refractivity contribution in [2.75, 3.05) is 19.0 Å². The number of nitriles is 1. The number of methoxy groups -OCH3 is 1. The Kier molecular flexibility index (Phi) is 4.13. The molecule has 0 radical (unpaired) electrons. The summed E-state index contributed by atoms with van der Waals surface area (Å²) in [5.41, 5.74) is 1.67. The van der Waals surface area contributed by atoms with Gasteiger partial charge in [0.25, 0.3) is 0 Å². The van der Waals surface area contributed by atoms with Gasteiger partial charge in [0.05, 0.1) is 23.3 Å². The molecule has 0 fully saturated rings. The predicted octanol–water partition coefficient (Wildman–Crippen LogP) is 1.62. The van der Waals surface area contributed by atoms with Crippen molar-refractivity contribution in [3.05, 3.63) is 36.0 Å². The van der Waals surface area contributed by atoms with Crippen LogP contribution in [-0.4, -0.2) is 35.8 Å². The third-order valence-electron chi connectivity index (χ3n) is 2.92. The molecule has 0 bridgehead atoms. The van der Waals surface area contributed by atoms with Crippen molar-refractivity contribution in [3.63, 3.8) is 0 Å². The SMILES string of the molecule is COC(CNc1c(C#N)cnc2ccccc12)C(=O)O. The molecule has 102 valence electrons. The summed E-state index contributed by atoms with van der Waals surface area (Å²) < 4.78 is 4.86. The predicted molar refractivity (Wildman–Crippen MR) is 73.4 cm³/mol. The van der Waals surface area contributed by atoms with Gasteiger partial charge in [0.2, 0.25) is 0 Å². The lowest BCUT2D eigenvalue weighted by Crippen LogP contribution is -2.30. The maximum absolute atomic E-state index is 10.9. The van der Waals surface area contributed by atoms with Gasteiger partial charge in [0, 0.05) is 18.7 Å². The molecule has 1 aromatic carbocycles. The van der Waals surface area contributed by atoms with Crippen LogP contribution in [0.1, 0.15) is 5.56 Å². The summed E-state index contributed by atoms with van der Waals surface area (Å²) >= 11 is 0. The number of hydrogen-bond donors (Lipinski definition) is 2. The number of carbonyl (C=O) groups is 1. The van der Waals surface area contributed by atoms with Crippen molar-refractivity contribution in [2.24, 2.45) is 0 Å². The van der Waals surface area contributed by atoms with E-state index in [1.807, 2.05) is 30.3 Å². The van der Waals surface area contributed by atoms with E-state index in [4.69, 9.17) is 15.1 Å². The largest absolute Gasteiger partial charge is 0.479 e. The van der Waals surface area contributed by atoms with Crippen LogP contribution in [0.15, 0.2) is 30.5 Å². The molecule has 6 heteroatoms. The number of anilines is 1. The number of aromatic nitrogens is 1. The van der Waals surface area contributed by atoms with Crippen LogP contribution >= 0.6 is 0 Å². The van der Waals surface area contributed by atoms with Crippen LogP contribution in [0.2, 0.25) is 0 Å². The van der Waals surface area contributed by atoms with E-state index in [1.165, 1.54) is 13.3 Å². The number of benzene rings is 1. The number of nitrogens with one attached hydrogen (secondary N) is 1. The molecule has 1 unspecified atom stereocenters. The van der Waals surface area contributed by atoms with Gasteiger partial charge in [-0.15, -0.1) is 0 Å². The van der Waals surface area contributed by atoms with E-state index in [9.17, 15) is 4.79 Å². The molecule has 0 aliphatic carbocycles. The number of pyridine rings is 1. The molecule has 1 atom stereocenters. The Morgan fingerprint density at radius 1 is 1.55 bits per heavy atom. The van der Waals surface area contributed by atoms with Gasteiger partial charge in [-0.1, -0.05) is 18.2 Å². The Morgan fingerprint density at radius 2 is 2.30 bits per heavy atom. The highest BCUT2D eigenvalue weighted by Gasteiger charge is 2.17. The standard InChI is InChI=1S/C14H13N3O3/c1-20-12(14(18)19)8-17-13-9(6-15)7-16-11-5-3-2-4-10(11)13/h2-5,7,12H,8H2,1H3,(H,16,17)(H,18,19). The highest BCUT2D eigenvalue weighted by atomic mass is 16.5. The third-order valence-corrected chi connectivity index (χ3v) is 2.92. The van der Waals surface area contributed by atoms with Gasteiger partial charge in [-0.25, -0.2) is 4.79 Å². The number of fused-ring (bicyclic) bond motifs is 1. The monoisotopic (exact) mass is 271 g/mol. The topological polar surface area (TPSA) is 95.2 Å². The molecule has 0 aliphatic heterocycles. The number of nitrogens with zero attached hydrogens (tertiary/aromatic N) is 2. The minimum Gasteiger partial charge on any atom is -0.479 e. The van der Waals surface area contributed by atoms with E-state index in [1.54, 1.807) is 0 Å². The highest BCUT2D eigenvalue weighted by molar-refractivity contribution is 5.94. The fourth-order valence-electron chi connectivity index (χ4n) is 1.88. The number of carboxylic acids is 1. The van der Waals surface area contributed by atoms with Crippen LogP contribution in [0.4, 0.5) is 5.69 Å². The molecule has 0 saturated carbocycles. The Hall–Kier alpha value is -2.65. The lowest BCUT2D eigenvalue weighted by molar-refractivity contribution is -0.147. The molecule has 0 amide bonds. The maximum atomic E-state index is 10.9. The van der Waals surface area contributed by atoms with Crippen LogP contribution in [-0.2, 0) is 9.53 Å². The molecule has 1 aromatic heterocycles. The summed E-state index contributed by atoms with van der Waals surface area (Å²) in [7, 11) is 1.33. The van der Waals surface area contributed by atoms with E-state index in [-0.39, 0.29) is 6.54 Å². The average Bonchev–Trinajstić information content (AvgIpc) is 2.47. The van der Waals surface area contributed by atoms with Gasteiger partial charge in [-0.2, -0.15) is 5.26 Å². The lowest BCUT2D eigenvalue weighted by Gasteiger charge is -2.15. The fourth-order valence-corrected chi connectivity index (χ4v) is 1.88. The van der Waals surface area contributed by atoms with E-state index in [0.717, 1.165) is 10.9 Å². The maximum Gasteiger partial charge on any atom is 0.334 e. The first kappa shape index (κ1) is 13.8. The summed E-state index contributed by atoms with van der Waals surface area (Å²) in [6.07, 6.45) is 0.487. The van der Waals surface area contributed by atoms with E-state index in [2.05, 4.69) is 10.3 Å². The number of carboxylic acid groups (broad SMARTS) is 1. The smallest absolute Gasteiger partial charge is 0.334 e. The van der Waals surface area contributed by atoms with Crippen LogP contribution in [0.5, 0.6) is 0 Å². The van der Waals surface area contributed by atoms with Crippen molar-refractivity contribution in [2.45, 2.75) is 6.10 Å². The summed E-state index contributed by atoms with van der Waals surface area (Å²) in [5.74, 6) is -1.06.